The molecule has 8 heteroatoms. The van der Waals surface area contributed by atoms with Crippen molar-refractivity contribution in [1.82, 2.24) is 9.62 Å². The van der Waals surface area contributed by atoms with Gasteiger partial charge in [-0.25, -0.2) is 9.10 Å². The van der Waals surface area contributed by atoms with Crippen molar-refractivity contribution in [1.29, 1.82) is 0 Å². The normalized spacial score (nSPS) is 17.6. The number of ether oxygens (including phenoxy) is 3. The summed E-state index contributed by atoms with van der Waals surface area (Å²) in [6.07, 6.45) is 2.86. The van der Waals surface area contributed by atoms with Gasteiger partial charge < -0.3 is 25.3 Å². The number of carbonyl (C=O) groups is 1. The van der Waals surface area contributed by atoms with Crippen molar-refractivity contribution in [2.75, 3.05) is 32.8 Å². The highest BCUT2D eigenvalue weighted by Gasteiger charge is 2.39. The van der Waals surface area contributed by atoms with Crippen LogP contribution in [0.4, 0.5) is 4.79 Å². The number of alkyl carbamates (subject to hydrolysis) is 1. The zero-order valence-corrected chi connectivity index (χ0v) is 25.6. The molecule has 1 heterocycles. The SMILES string of the molecule is CCOC1OCC(OC(=O)NCCCN(CC(C)C)Sc2ccc(C3(N)CC3)cc2)=C1CC.Cc1ccccc1. The Morgan fingerprint density at radius 2 is 1.85 bits per heavy atom. The van der Waals surface area contributed by atoms with E-state index in [-0.39, 0.29) is 12.1 Å². The van der Waals surface area contributed by atoms with Crippen LogP contribution in [0.5, 0.6) is 0 Å². The van der Waals surface area contributed by atoms with Gasteiger partial charge in [-0.2, -0.15) is 0 Å². The second-order valence-electron chi connectivity index (χ2n) is 10.8. The van der Waals surface area contributed by atoms with Gasteiger partial charge in [-0.15, -0.1) is 0 Å². The lowest BCUT2D eigenvalue weighted by Gasteiger charge is -2.23. The number of hydrogen-bond acceptors (Lipinski definition) is 7. The second kappa shape index (κ2) is 16.2. The van der Waals surface area contributed by atoms with Crippen molar-refractivity contribution < 1.29 is 19.0 Å². The molecule has 1 atom stereocenters. The van der Waals surface area contributed by atoms with E-state index in [1.54, 1.807) is 11.9 Å². The molecule has 2 aromatic carbocycles. The van der Waals surface area contributed by atoms with Crippen molar-refractivity contribution in [2.45, 2.75) is 77.0 Å². The van der Waals surface area contributed by atoms with Crippen LogP contribution in [0, 0.1) is 12.8 Å². The first-order valence-electron chi connectivity index (χ1n) is 14.5. The number of carbonyl (C=O) groups excluding carboxylic acids is 1. The number of aryl methyl sites for hydroxylation is 1. The fraction of sp³-hybridized carbons (Fsp3) is 0.531. The maximum atomic E-state index is 12.3. The molecule has 1 unspecified atom stereocenters. The van der Waals surface area contributed by atoms with E-state index >= 15 is 0 Å². The third kappa shape index (κ3) is 10.6. The Balaban J connectivity index is 0.000000547. The molecule has 1 aliphatic carbocycles. The lowest BCUT2D eigenvalue weighted by atomic mass is 10.1. The Bertz CT molecular complexity index is 1070. The first kappa shape index (κ1) is 32.2. The molecule has 0 bridgehead atoms. The second-order valence-corrected chi connectivity index (χ2v) is 11.9. The number of nitrogens with zero attached hydrogens (tertiary/aromatic N) is 1. The van der Waals surface area contributed by atoms with Crippen LogP contribution in [0.15, 0.2) is 70.8 Å². The highest BCUT2D eigenvalue weighted by molar-refractivity contribution is 7.97. The summed E-state index contributed by atoms with van der Waals surface area (Å²) in [6.45, 7) is 13.7. The van der Waals surface area contributed by atoms with Crippen LogP contribution in [-0.4, -0.2) is 49.5 Å². The van der Waals surface area contributed by atoms with Gasteiger partial charge in [0.2, 0.25) is 0 Å². The van der Waals surface area contributed by atoms with Gasteiger partial charge in [0.05, 0.1) is 0 Å². The van der Waals surface area contributed by atoms with Gasteiger partial charge in [0.25, 0.3) is 0 Å². The van der Waals surface area contributed by atoms with Crippen molar-refractivity contribution in [3.63, 3.8) is 0 Å². The number of rotatable bonds is 13. The van der Waals surface area contributed by atoms with Crippen LogP contribution in [0.1, 0.15) is 64.5 Å². The Kier molecular flexibility index (Phi) is 13.0. The molecule has 0 spiro atoms. The van der Waals surface area contributed by atoms with Gasteiger partial charge in [-0.1, -0.05) is 68.8 Å². The van der Waals surface area contributed by atoms with Crippen LogP contribution in [0.2, 0.25) is 0 Å². The minimum atomic E-state index is -0.439. The third-order valence-corrected chi connectivity index (χ3v) is 7.81. The van der Waals surface area contributed by atoms with Gasteiger partial charge in [-0.3, -0.25) is 0 Å². The maximum Gasteiger partial charge on any atom is 0.412 e. The predicted molar refractivity (Wildman–Crippen MR) is 163 cm³/mol. The molecular formula is C32H47N3O4S. The quantitative estimate of drug-likeness (QED) is 0.203. The van der Waals surface area contributed by atoms with E-state index in [0.717, 1.165) is 44.3 Å². The molecule has 2 aromatic rings. The maximum absolute atomic E-state index is 12.3. The fourth-order valence-corrected chi connectivity index (χ4v) is 5.51. The van der Waals surface area contributed by atoms with Gasteiger partial charge in [0.15, 0.2) is 6.29 Å². The first-order chi connectivity index (χ1) is 19.2. The molecule has 0 radical (unpaired) electrons. The van der Waals surface area contributed by atoms with E-state index in [2.05, 4.69) is 66.8 Å². The number of benzene rings is 2. The summed E-state index contributed by atoms with van der Waals surface area (Å²) < 4.78 is 19.0. The van der Waals surface area contributed by atoms with Crippen LogP contribution in [-0.2, 0) is 19.7 Å². The number of nitrogens with two attached hydrogens (primary N) is 1. The van der Waals surface area contributed by atoms with Gasteiger partial charge >= 0.3 is 6.09 Å². The summed E-state index contributed by atoms with van der Waals surface area (Å²) in [6, 6.07) is 18.9. The Morgan fingerprint density at radius 3 is 2.40 bits per heavy atom. The smallest absolute Gasteiger partial charge is 0.412 e. The first-order valence-corrected chi connectivity index (χ1v) is 15.3. The van der Waals surface area contributed by atoms with Crippen LogP contribution in [0.25, 0.3) is 0 Å². The van der Waals surface area contributed by atoms with Gasteiger partial charge in [0, 0.05) is 42.2 Å². The van der Waals surface area contributed by atoms with Crippen LogP contribution < -0.4 is 11.1 Å². The average molecular weight is 570 g/mol. The predicted octanol–water partition coefficient (Wildman–Crippen LogP) is 6.77. The summed E-state index contributed by atoms with van der Waals surface area (Å²) in [7, 11) is 0. The van der Waals surface area contributed by atoms with Crippen LogP contribution in [0.3, 0.4) is 0 Å². The van der Waals surface area contributed by atoms with Crippen LogP contribution >= 0.6 is 11.9 Å². The van der Waals surface area contributed by atoms with Crippen molar-refractivity contribution in [2.24, 2.45) is 11.7 Å². The number of nitrogens with one attached hydrogen (secondary N) is 1. The molecule has 1 saturated carbocycles. The monoisotopic (exact) mass is 569 g/mol. The largest absolute Gasteiger partial charge is 0.412 e. The number of hydrogen-bond donors (Lipinski definition) is 2. The van der Waals surface area contributed by atoms with E-state index < -0.39 is 12.4 Å². The zero-order valence-electron chi connectivity index (χ0n) is 24.8. The molecule has 220 valence electrons. The molecule has 0 saturated heterocycles. The van der Waals surface area contributed by atoms with Gasteiger partial charge in [0.1, 0.15) is 12.4 Å². The molecule has 0 aromatic heterocycles. The summed E-state index contributed by atoms with van der Waals surface area (Å²) in [4.78, 5) is 13.5. The van der Waals surface area contributed by atoms with Crippen molar-refractivity contribution >= 4 is 18.0 Å². The summed E-state index contributed by atoms with van der Waals surface area (Å²) in [5.41, 5.74) is 9.66. The highest BCUT2D eigenvalue weighted by Crippen LogP contribution is 2.43. The molecule has 3 N–H and O–H groups in total. The molecule has 40 heavy (non-hydrogen) atoms. The number of amides is 1. The van der Waals surface area contributed by atoms with E-state index in [1.165, 1.54) is 16.0 Å². The highest BCUT2D eigenvalue weighted by atomic mass is 32.2. The molecule has 1 amide bonds. The Morgan fingerprint density at radius 1 is 1.15 bits per heavy atom. The summed E-state index contributed by atoms with van der Waals surface area (Å²) in [5.74, 6) is 1.12. The third-order valence-electron chi connectivity index (χ3n) is 6.74. The summed E-state index contributed by atoms with van der Waals surface area (Å²) in [5, 5.41) is 2.86. The Labute approximate surface area is 245 Å². The molecule has 2 aliphatic rings. The van der Waals surface area contributed by atoms with E-state index in [9.17, 15) is 4.79 Å². The summed E-state index contributed by atoms with van der Waals surface area (Å²) >= 11 is 1.76. The minimum absolute atomic E-state index is 0.0937. The molecular weight excluding hydrogens is 522 g/mol. The van der Waals surface area contributed by atoms with Crippen molar-refractivity contribution in [3.05, 3.63) is 77.1 Å². The average Bonchev–Trinajstić information content (AvgIpc) is 3.57. The van der Waals surface area contributed by atoms with Gasteiger partial charge in [-0.05, 0) is 75.1 Å². The topological polar surface area (TPSA) is 86.1 Å². The van der Waals surface area contributed by atoms with E-state index in [1.807, 2.05) is 32.0 Å². The standard InChI is InChI=1S/C25H39N3O4S.C7H8/c1-5-21-22(17-31-23(21)30-6-2)32-24(29)27-14-7-15-28(16-18(3)4)33-20-10-8-19(9-11-20)25(26)12-13-25;1-7-5-3-2-4-6-7/h8-11,18,23H,5-7,12-17,26H2,1-4H3,(H,27,29);2-6H,1H3. The minimum Gasteiger partial charge on any atom is -0.412 e. The fourth-order valence-electron chi connectivity index (χ4n) is 4.36. The molecule has 1 aliphatic heterocycles. The molecule has 4 rings (SSSR count). The van der Waals surface area contributed by atoms with E-state index in [4.69, 9.17) is 19.9 Å². The molecule has 1 fully saturated rings. The van der Waals surface area contributed by atoms with E-state index in [0.29, 0.717) is 24.8 Å². The Hall–Kier alpha value is -2.36. The lowest BCUT2D eigenvalue weighted by molar-refractivity contribution is -0.0963. The van der Waals surface area contributed by atoms with Crippen molar-refractivity contribution in [3.8, 4) is 0 Å². The zero-order chi connectivity index (χ0) is 29.0. The lowest BCUT2D eigenvalue weighted by Crippen LogP contribution is -2.29. The molecule has 7 nitrogen and oxygen atoms in total.